The molecule has 2 aromatic heterocycles. The van der Waals surface area contributed by atoms with Crippen molar-refractivity contribution in [1.82, 2.24) is 23.9 Å². The second-order valence-corrected chi connectivity index (χ2v) is 19.6. The Balaban J connectivity index is 0.000000739. The van der Waals surface area contributed by atoms with E-state index in [9.17, 15) is 36.0 Å². The molecule has 2 aliphatic heterocycles. The number of aryl methyl sites for hydroxylation is 2. The SMILES string of the molecule is CCc1cc(Nc2cc(=O)n(CCCCN3CCN(c4c(F)cc5c(=O)c(C(=O)OCCN6CCOCC6)cn(C6CC6)c5c4F)C[C@H]3C)c(=O)[nH]2)ccc1C.CS(=O)(=O)O.CS(=O)(=O)O. The van der Waals surface area contributed by atoms with Gasteiger partial charge in [-0.1, -0.05) is 13.0 Å². The van der Waals surface area contributed by atoms with Crippen molar-refractivity contribution >= 4 is 54.3 Å². The normalized spacial score (nSPS) is 17.1. The van der Waals surface area contributed by atoms with Crippen LogP contribution in [-0.2, 0) is 42.7 Å². The van der Waals surface area contributed by atoms with Gasteiger partial charge in [0.15, 0.2) is 5.82 Å². The number of unbranched alkanes of at least 4 members (excludes halogenated alkanes) is 1. The molecular weight excluding hydrogens is 909 g/mol. The zero-order valence-corrected chi connectivity index (χ0v) is 39.4. The highest BCUT2D eigenvalue weighted by molar-refractivity contribution is 7.85. The molecule has 7 rings (SSSR count). The summed E-state index contributed by atoms with van der Waals surface area (Å²) in [6, 6.07) is 8.22. The first-order valence-electron chi connectivity index (χ1n) is 21.6. The maximum Gasteiger partial charge on any atom is 0.343 e. The number of fused-ring (bicyclic) bond motifs is 1. The van der Waals surface area contributed by atoms with Crippen molar-refractivity contribution in [3.05, 3.63) is 95.9 Å². The van der Waals surface area contributed by atoms with Crippen LogP contribution in [0.5, 0.6) is 0 Å². The number of aromatic nitrogens is 3. The van der Waals surface area contributed by atoms with Gasteiger partial charge in [-0.25, -0.2) is 18.4 Å². The lowest BCUT2D eigenvalue weighted by Crippen LogP contribution is -2.52. The van der Waals surface area contributed by atoms with Gasteiger partial charge in [0.2, 0.25) is 5.43 Å². The van der Waals surface area contributed by atoms with E-state index in [1.807, 2.05) is 32.0 Å². The minimum absolute atomic E-state index is 0.00340. The smallest absolute Gasteiger partial charge is 0.343 e. The van der Waals surface area contributed by atoms with Crippen LogP contribution in [0.25, 0.3) is 10.9 Å². The predicted octanol–water partition coefficient (Wildman–Crippen LogP) is 3.57. The fraction of sp³-hybridized carbons (Fsp3) is 0.535. The second kappa shape index (κ2) is 22.6. The van der Waals surface area contributed by atoms with E-state index in [4.69, 9.17) is 18.6 Å². The van der Waals surface area contributed by atoms with E-state index in [1.54, 1.807) is 9.47 Å². The summed E-state index contributed by atoms with van der Waals surface area (Å²) in [5.41, 5.74) is 1.14. The first kappa shape index (κ1) is 51.9. The number of morpholine rings is 1. The van der Waals surface area contributed by atoms with Crippen LogP contribution in [-0.4, -0.2) is 140 Å². The molecule has 1 aliphatic carbocycles. The molecule has 1 saturated carbocycles. The monoisotopic (exact) mass is 967 g/mol. The minimum atomic E-state index is -3.67. The van der Waals surface area contributed by atoms with Crippen LogP contribution >= 0.6 is 0 Å². The number of anilines is 3. The lowest BCUT2D eigenvalue weighted by molar-refractivity contribution is 0.0194. The van der Waals surface area contributed by atoms with Gasteiger partial charge in [-0.05, 0) is 81.8 Å². The predicted molar refractivity (Wildman–Crippen MR) is 247 cm³/mol. The largest absolute Gasteiger partial charge is 0.461 e. The molecule has 2 saturated heterocycles. The number of nitrogens with one attached hydrogen (secondary N) is 2. The molecule has 4 aromatic rings. The summed E-state index contributed by atoms with van der Waals surface area (Å²) in [6.45, 7) is 11.6. The van der Waals surface area contributed by atoms with Crippen molar-refractivity contribution in [2.45, 2.75) is 71.5 Å². The van der Waals surface area contributed by atoms with E-state index in [1.165, 1.54) is 28.0 Å². The number of hydrogen-bond acceptors (Lipinski definition) is 14. The molecule has 3 aliphatic rings. The molecule has 4 N–H and O–H groups in total. The first-order valence-corrected chi connectivity index (χ1v) is 25.3. The van der Waals surface area contributed by atoms with Crippen LogP contribution in [0, 0.1) is 18.6 Å². The number of pyridine rings is 1. The second-order valence-electron chi connectivity index (χ2n) is 16.6. The number of rotatable bonds is 14. The van der Waals surface area contributed by atoms with Crippen molar-refractivity contribution < 1.29 is 49.0 Å². The number of hydrogen-bond donors (Lipinski definition) is 4. The number of nitrogens with zero attached hydrogens (tertiary/aromatic N) is 5. The summed E-state index contributed by atoms with van der Waals surface area (Å²) in [4.78, 5) is 61.1. The van der Waals surface area contributed by atoms with Gasteiger partial charge in [0.25, 0.3) is 25.8 Å². The maximum atomic E-state index is 16.5. The zero-order valence-electron chi connectivity index (χ0n) is 37.7. The number of piperazine rings is 1. The van der Waals surface area contributed by atoms with Crippen molar-refractivity contribution in [1.29, 1.82) is 0 Å². The zero-order chi connectivity index (χ0) is 48.5. The number of ether oxygens (including phenoxy) is 2. The van der Waals surface area contributed by atoms with Crippen LogP contribution < -0.4 is 26.9 Å². The Morgan fingerprint density at radius 1 is 0.939 bits per heavy atom. The molecular formula is C43H59F2N7O12S2. The summed E-state index contributed by atoms with van der Waals surface area (Å²) in [6.07, 6.45) is 6.50. The van der Waals surface area contributed by atoms with Crippen molar-refractivity contribution in [2.75, 3.05) is 88.4 Å². The van der Waals surface area contributed by atoms with Gasteiger partial charge in [0, 0.05) is 75.8 Å². The third kappa shape index (κ3) is 15.0. The van der Waals surface area contributed by atoms with Gasteiger partial charge >= 0.3 is 11.7 Å². The maximum absolute atomic E-state index is 16.5. The Morgan fingerprint density at radius 3 is 2.20 bits per heavy atom. The highest BCUT2D eigenvalue weighted by Gasteiger charge is 2.33. The molecule has 66 heavy (non-hydrogen) atoms. The first-order chi connectivity index (χ1) is 31.0. The van der Waals surface area contributed by atoms with Crippen LogP contribution in [0.4, 0.5) is 26.0 Å². The molecule has 2 aromatic carbocycles. The van der Waals surface area contributed by atoms with Crippen LogP contribution in [0.15, 0.2) is 50.9 Å². The van der Waals surface area contributed by atoms with Crippen LogP contribution in [0.3, 0.4) is 0 Å². The summed E-state index contributed by atoms with van der Waals surface area (Å²) >= 11 is 0. The van der Waals surface area contributed by atoms with Gasteiger partial charge in [-0.3, -0.25) is 38.0 Å². The number of aromatic amines is 1. The fourth-order valence-corrected chi connectivity index (χ4v) is 7.88. The van der Waals surface area contributed by atoms with E-state index < -0.39 is 49.0 Å². The Bertz CT molecular complexity index is 2700. The lowest BCUT2D eigenvalue weighted by Gasteiger charge is -2.41. The molecule has 364 valence electrons. The highest BCUT2D eigenvalue weighted by Crippen LogP contribution is 2.40. The highest BCUT2D eigenvalue weighted by atomic mass is 32.2. The van der Waals surface area contributed by atoms with Gasteiger partial charge in [-0.15, -0.1) is 0 Å². The Morgan fingerprint density at radius 2 is 1.59 bits per heavy atom. The van der Waals surface area contributed by atoms with Gasteiger partial charge in [-0.2, -0.15) is 16.8 Å². The number of H-pyrrole nitrogens is 1. The van der Waals surface area contributed by atoms with E-state index in [2.05, 4.69) is 27.0 Å². The topological polar surface area (TPSA) is 243 Å². The van der Waals surface area contributed by atoms with E-state index in [0.29, 0.717) is 77.1 Å². The average molecular weight is 968 g/mol. The quantitative estimate of drug-likeness (QED) is 0.0802. The number of carbonyl (C=O) groups excluding carboxylic acids is 1. The van der Waals surface area contributed by atoms with E-state index in [-0.39, 0.29) is 52.9 Å². The van der Waals surface area contributed by atoms with E-state index >= 15 is 8.78 Å². The summed E-state index contributed by atoms with van der Waals surface area (Å²) in [5.74, 6) is -2.13. The summed E-state index contributed by atoms with van der Waals surface area (Å²) < 4.78 is 97.7. The molecule has 0 amide bonds. The van der Waals surface area contributed by atoms with Gasteiger partial charge in [0.1, 0.15) is 29.5 Å². The number of carbonyl (C=O) groups is 1. The van der Waals surface area contributed by atoms with Crippen molar-refractivity contribution in [3.8, 4) is 0 Å². The summed E-state index contributed by atoms with van der Waals surface area (Å²) in [5, 5.41) is 2.96. The molecule has 23 heteroatoms. The molecule has 0 spiro atoms. The van der Waals surface area contributed by atoms with Crippen molar-refractivity contribution in [2.24, 2.45) is 0 Å². The average Bonchev–Trinajstić information content (AvgIpc) is 4.07. The van der Waals surface area contributed by atoms with Gasteiger partial charge in [0.05, 0.1) is 36.6 Å². The van der Waals surface area contributed by atoms with Crippen LogP contribution in [0.1, 0.15) is 67.1 Å². The van der Waals surface area contributed by atoms with Gasteiger partial charge < -0.3 is 24.3 Å². The van der Waals surface area contributed by atoms with E-state index in [0.717, 1.165) is 44.1 Å². The van der Waals surface area contributed by atoms with Crippen molar-refractivity contribution in [3.63, 3.8) is 0 Å². The molecule has 0 unspecified atom stereocenters. The lowest BCUT2D eigenvalue weighted by atomic mass is 10.1. The van der Waals surface area contributed by atoms with Crippen LogP contribution in [0.2, 0.25) is 0 Å². The Hall–Kier alpha value is -5.04. The molecule has 19 nitrogen and oxygen atoms in total. The number of benzene rings is 2. The third-order valence-electron chi connectivity index (χ3n) is 11.3. The molecule has 3 fully saturated rings. The third-order valence-corrected chi connectivity index (χ3v) is 11.3. The Kier molecular flexibility index (Phi) is 17.8. The fourth-order valence-electron chi connectivity index (χ4n) is 7.88. The standard InChI is InChI=1S/C41H51F2N7O6.2CH4O3S/c1-4-28-21-29(8-7-26(28)2)44-34-23-35(51)49(41(54)45-34)12-6-5-11-47-13-14-48(24-27(47)3)38-33(42)22-31-37(36(38)43)50(30-9-10-30)25-32(39(31)52)40(53)56-20-17-46-15-18-55-19-16-46;2*1-5(2,3)4/h7-8,21-23,25,27,30,44H,4-6,9-20,24H2,1-3H3,(H,45,54);2*1H3,(H,2,3,4)/t27-;;/m1../s1. The molecule has 0 radical (unpaired) electrons. The number of halogens is 2. The number of esters is 1. The molecule has 1 atom stereocenters. The summed E-state index contributed by atoms with van der Waals surface area (Å²) in [7, 11) is -7.33. The Labute approximate surface area is 381 Å². The molecule has 0 bridgehead atoms. The molecule has 4 heterocycles. The minimum Gasteiger partial charge on any atom is -0.461 e.